The van der Waals surface area contributed by atoms with E-state index in [1.165, 1.54) is 5.01 Å². The zero-order chi connectivity index (χ0) is 27.4. The van der Waals surface area contributed by atoms with Gasteiger partial charge in [0.1, 0.15) is 12.2 Å². The number of fused-ring (bicyclic) bond motifs is 1. The maximum absolute atomic E-state index is 13.9. The second-order valence-electron chi connectivity index (χ2n) is 9.91. The van der Waals surface area contributed by atoms with E-state index in [0.717, 1.165) is 22.3 Å². The van der Waals surface area contributed by atoms with Gasteiger partial charge in [-0.25, -0.2) is 4.79 Å². The van der Waals surface area contributed by atoms with Crippen molar-refractivity contribution in [2.45, 2.75) is 32.2 Å². The van der Waals surface area contributed by atoms with E-state index < -0.39 is 12.2 Å². The molecule has 2 aliphatic rings. The fourth-order valence-electron chi connectivity index (χ4n) is 5.25. The summed E-state index contributed by atoms with van der Waals surface area (Å²) < 4.78 is 0. The van der Waals surface area contributed by atoms with E-state index in [1.54, 1.807) is 20.9 Å². The Kier molecular flexibility index (Phi) is 7.74. The summed E-state index contributed by atoms with van der Waals surface area (Å²) in [4.78, 5) is 44.2. The Morgan fingerprint density at radius 2 is 1.64 bits per heavy atom. The predicted molar refractivity (Wildman–Crippen MR) is 149 cm³/mol. The van der Waals surface area contributed by atoms with Gasteiger partial charge in [-0.3, -0.25) is 14.6 Å². The molecule has 0 bridgehead atoms. The summed E-state index contributed by atoms with van der Waals surface area (Å²) in [6.45, 7) is 7.13. The van der Waals surface area contributed by atoms with E-state index in [9.17, 15) is 14.4 Å². The summed E-state index contributed by atoms with van der Waals surface area (Å²) in [7, 11) is 0. The highest BCUT2D eigenvalue weighted by atomic mass is 16.2. The third-order valence-corrected chi connectivity index (χ3v) is 7.20. The highest BCUT2D eigenvalue weighted by Crippen LogP contribution is 2.36. The first-order chi connectivity index (χ1) is 19.0. The topological polar surface area (TPSA) is 76.2 Å². The smallest absolute Gasteiger partial charge is 0.332 e. The van der Waals surface area contributed by atoms with Crippen molar-refractivity contribution in [3.63, 3.8) is 0 Å². The van der Waals surface area contributed by atoms with E-state index in [-0.39, 0.29) is 37.5 Å². The summed E-state index contributed by atoms with van der Waals surface area (Å²) in [5, 5.41) is 6.27. The molecule has 5 rings (SSSR count). The zero-order valence-electron chi connectivity index (χ0n) is 22.1. The highest BCUT2D eigenvalue weighted by molar-refractivity contribution is 5.92. The van der Waals surface area contributed by atoms with E-state index in [0.29, 0.717) is 13.1 Å². The zero-order valence-corrected chi connectivity index (χ0v) is 22.1. The van der Waals surface area contributed by atoms with Crippen LogP contribution >= 0.6 is 0 Å². The lowest BCUT2D eigenvalue weighted by Crippen LogP contribution is -2.62. The molecular formula is C31H33N5O3. The number of hydrazine groups is 1. The molecule has 0 saturated carbocycles. The molecule has 0 radical (unpaired) electrons. The van der Waals surface area contributed by atoms with Crippen LogP contribution in [-0.4, -0.2) is 63.5 Å². The van der Waals surface area contributed by atoms with Crippen LogP contribution in [0.25, 0.3) is 0 Å². The Labute approximate surface area is 229 Å². The first-order valence-corrected chi connectivity index (χ1v) is 13.1. The van der Waals surface area contributed by atoms with Crippen LogP contribution in [0.4, 0.5) is 4.79 Å². The van der Waals surface area contributed by atoms with Gasteiger partial charge in [0.25, 0.3) is 5.91 Å². The molecular weight excluding hydrogens is 490 g/mol. The fourth-order valence-corrected chi connectivity index (χ4v) is 5.25. The first kappa shape index (κ1) is 26.2. The molecule has 2 atom stereocenters. The van der Waals surface area contributed by atoms with Crippen molar-refractivity contribution < 1.29 is 14.4 Å². The highest BCUT2D eigenvalue weighted by Gasteiger charge is 2.52. The van der Waals surface area contributed by atoms with Crippen molar-refractivity contribution in [1.82, 2.24) is 25.1 Å². The van der Waals surface area contributed by atoms with Crippen molar-refractivity contribution in [2.75, 3.05) is 19.6 Å². The van der Waals surface area contributed by atoms with Gasteiger partial charge in [-0.1, -0.05) is 96.6 Å². The molecule has 8 heteroatoms. The third-order valence-electron chi connectivity index (χ3n) is 7.20. The second kappa shape index (κ2) is 11.5. The molecule has 8 nitrogen and oxygen atoms in total. The second-order valence-corrected chi connectivity index (χ2v) is 9.91. The number of urea groups is 1. The average Bonchev–Trinajstić information content (AvgIpc) is 3.28. The van der Waals surface area contributed by atoms with Gasteiger partial charge in [0.2, 0.25) is 5.91 Å². The Bertz CT molecular complexity index is 1330. The van der Waals surface area contributed by atoms with E-state index in [2.05, 4.69) is 11.9 Å². The molecule has 3 aromatic carbocycles. The van der Waals surface area contributed by atoms with Crippen LogP contribution in [0.2, 0.25) is 0 Å². The minimum absolute atomic E-state index is 0.00769. The Balaban J connectivity index is 1.45. The number of carbonyl (C=O) groups is 3. The molecule has 0 aliphatic carbocycles. The predicted octanol–water partition coefficient (Wildman–Crippen LogP) is 3.86. The normalized spacial score (nSPS) is 19.1. The molecule has 0 unspecified atom stereocenters. The molecule has 200 valence electrons. The number of hydrogen-bond acceptors (Lipinski definition) is 4. The Hall–Kier alpha value is -4.43. The molecule has 1 N–H and O–H groups in total. The minimum Gasteiger partial charge on any atom is -0.333 e. The molecule has 39 heavy (non-hydrogen) atoms. The largest absolute Gasteiger partial charge is 0.333 e. The quantitative estimate of drug-likeness (QED) is 0.455. The van der Waals surface area contributed by atoms with E-state index in [4.69, 9.17) is 0 Å². The molecule has 2 aliphatic heterocycles. The molecule has 4 amide bonds. The Morgan fingerprint density at radius 1 is 0.974 bits per heavy atom. The van der Waals surface area contributed by atoms with Gasteiger partial charge >= 0.3 is 6.03 Å². The van der Waals surface area contributed by atoms with Crippen molar-refractivity contribution in [3.05, 3.63) is 120 Å². The van der Waals surface area contributed by atoms with Gasteiger partial charge in [-0.2, -0.15) is 5.01 Å². The monoisotopic (exact) mass is 523 g/mol. The van der Waals surface area contributed by atoms with Crippen LogP contribution in [0.3, 0.4) is 0 Å². The minimum atomic E-state index is -0.772. The van der Waals surface area contributed by atoms with Gasteiger partial charge in [-0.15, -0.1) is 6.58 Å². The first-order valence-electron chi connectivity index (χ1n) is 13.1. The molecule has 3 aromatic rings. The number of nitrogens with one attached hydrogen (secondary N) is 1. The van der Waals surface area contributed by atoms with Gasteiger partial charge in [0.05, 0.1) is 19.6 Å². The lowest BCUT2D eigenvalue weighted by molar-refractivity contribution is -0.158. The van der Waals surface area contributed by atoms with Crippen LogP contribution < -0.4 is 5.32 Å². The lowest BCUT2D eigenvalue weighted by atomic mass is 10.00. The number of rotatable bonds is 8. The molecule has 2 saturated heterocycles. The van der Waals surface area contributed by atoms with Gasteiger partial charge < -0.3 is 15.1 Å². The fraction of sp³-hybridized carbons (Fsp3) is 0.258. The summed E-state index contributed by atoms with van der Waals surface area (Å²) in [5.74, 6) is -0.320. The molecule has 0 spiro atoms. The molecule has 0 aromatic heterocycles. The lowest BCUT2D eigenvalue weighted by Gasteiger charge is -2.46. The average molecular weight is 524 g/mol. The summed E-state index contributed by atoms with van der Waals surface area (Å²) in [6, 6.07) is 26.0. The van der Waals surface area contributed by atoms with Crippen LogP contribution in [0, 0.1) is 6.92 Å². The van der Waals surface area contributed by atoms with Crippen molar-refractivity contribution in [2.24, 2.45) is 0 Å². The SMILES string of the molecule is C=CCN(C(=O)NCc1ccccc1)N1CC(=O)N2[C@@H](c3ccccc3)C(=O)N(Cc3ccc(C)cc3)C[C@@H]21. The van der Waals surface area contributed by atoms with Crippen LogP contribution in [0.15, 0.2) is 97.6 Å². The summed E-state index contributed by atoms with van der Waals surface area (Å²) in [5.41, 5.74) is 3.88. The van der Waals surface area contributed by atoms with Crippen molar-refractivity contribution in [1.29, 1.82) is 0 Å². The maximum Gasteiger partial charge on any atom is 0.332 e. The summed E-state index contributed by atoms with van der Waals surface area (Å²) >= 11 is 0. The number of nitrogens with zero attached hydrogens (tertiary/aromatic N) is 4. The number of piperazine rings is 1. The number of aryl methyl sites for hydroxylation is 1. The Morgan fingerprint density at radius 3 is 2.31 bits per heavy atom. The third kappa shape index (κ3) is 5.56. The molecule has 2 fully saturated rings. The number of amides is 4. The summed E-state index contributed by atoms with van der Waals surface area (Å²) in [6.07, 6.45) is 1.13. The van der Waals surface area contributed by atoms with Crippen molar-refractivity contribution in [3.8, 4) is 0 Å². The standard InChI is InChI=1S/C31H33N5O3/c1-3-18-34(31(39)32-19-24-10-6-4-7-11-24)35-22-28(37)36-27(35)21-33(20-25-16-14-23(2)15-17-25)30(38)29(36)26-12-8-5-9-13-26/h3-17,27,29H,1,18-22H2,2H3,(H,32,39)/t27-,29+/m1/s1. The maximum atomic E-state index is 13.9. The number of benzene rings is 3. The number of carbonyl (C=O) groups excluding carboxylic acids is 3. The van der Waals surface area contributed by atoms with Gasteiger partial charge in [0, 0.05) is 13.1 Å². The number of hydrogen-bond donors (Lipinski definition) is 1. The van der Waals surface area contributed by atoms with E-state index in [1.807, 2.05) is 91.9 Å². The van der Waals surface area contributed by atoms with Crippen LogP contribution in [0.5, 0.6) is 0 Å². The van der Waals surface area contributed by atoms with Gasteiger partial charge in [0.15, 0.2) is 0 Å². The van der Waals surface area contributed by atoms with Crippen LogP contribution in [0.1, 0.15) is 28.3 Å². The van der Waals surface area contributed by atoms with Crippen LogP contribution in [-0.2, 0) is 22.7 Å². The van der Waals surface area contributed by atoms with E-state index >= 15 is 0 Å². The van der Waals surface area contributed by atoms with Crippen molar-refractivity contribution >= 4 is 17.8 Å². The van der Waals surface area contributed by atoms with Gasteiger partial charge in [-0.05, 0) is 23.6 Å². The molecule has 2 heterocycles.